The first-order chi connectivity index (χ1) is 8.21. The van der Waals surface area contributed by atoms with E-state index >= 15 is 0 Å². The van der Waals surface area contributed by atoms with Crippen LogP contribution in [0.25, 0.3) is 0 Å². The summed E-state index contributed by atoms with van der Waals surface area (Å²) in [6.45, 7) is 7.43. The zero-order valence-corrected chi connectivity index (χ0v) is 11.5. The van der Waals surface area contributed by atoms with Gasteiger partial charge < -0.3 is 10.1 Å². The number of hydrogen-bond acceptors (Lipinski definition) is 2. The Hall–Kier alpha value is -0.860. The van der Waals surface area contributed by atoms with E-state index in [1.165, 1.54) is 11.1 Å². The van der Waals surface area contributed by atoms with Crippen molar-refractivity contribution in [3.05, 3.63) is 35.4 Å². The van der Waals surface area contributed by atoms with E-state index in [4.69, 9.17) is 4.74 Å². The molecule has 1 aromatic carbocycles. The molecular weight excluding hydrogens is 210 g/mol. The van der Waals surface area contributed by atoms with Crippen molar-refractivity contribution in [3.63, 3.8) is 0 Å². The molecule has 0 saturated heterocycles. The van der Waals surface area contributed by atoms with E-state index in [9.17, 15) is 0 Å². The maximum Gasteiger partial charge on any atom is 0.0561 e. The summed E-state index contributed by atoms with van der Waals surface area (Å²) < 4.78 is 5.35. The highest BCUT2D eigenvalue weighted by Crippen LogP contribution is 2.20. The standard InChI is InChI=1S/C15H25NO/c1-5-13-7-9-14(10-8-13)15(16-6-2)11-12(3)17-4/h7-10,12,15-16H,5-6,11H2,1-4H3. The summed E-state index contributed by atoms with van der Waals surface area (Å²) in [6, 6.07) is 9.29. The van der Waals surface area contributed by atoms with Gasteiger partial charge in [-0.15, -0.1) is 0 Å². The molecular formula is C15H25NO. The quantitative estimate of drug-likeness (QED) is 0.782. The van der Waals surface area contributed by atoms with Gasteiger partial charge in [0.15, 0.2) is 0 Å². The smallest absolute Gasteiger partial charge is 0.0561 e. The predicted octanol–water partition coefficient (Wildman–Crippen LogP) is 3.32. The zero-order chi connectivity index (χ0) is 12.7. The van der Waals surface area contributed by atoms with Gasteiger partial charge in [-0.25, -0.2) is 0 Å². The molecule has 2 nitrogen and oxygen atoms in total. The summed E-state index contributed by atoms with van der Waals surface area (Å²) >= 11 is 0. The van der Waals surface area contributed by atoms with E-state index in [1.807, 2.05) is 0 Å². The van der Waals surface area contributed by atoms with Gasteiger partial charge in [-0.05, 0) is 37.4 Å². The fraction of sp³-hybridized carbons (Fsp3) is 0.600. The van der Waals surface area contributed by atoms with Crippen LogP contribution in [0.15, 0.2) is 24.3 Å². The third kappa shape index (κ3) is 4.49. The lowest BCUT2D eigenvalue weighted by Crippen LogP contribution is -2.25. The van der Waals surface area contributed by atoms with Crippen molar-refractivity contribution in [2.24, 2.45) is 0 Å². The van der Waals surface area contributed by atoms with Crippen LogP contribution in [0, 0.1) is 0 Å². The second kappa shape index (κ2) is 7.46. The van der Waals surface area contributed by atoms with Crippen LogP contribution in [0.4, 0.5) is 0 Å². The monoisotopic (exact) mass is 235 g/mol. The van der Waals surface area contributed by atoms with Crippen molar-refractivity contribution in [3.8, 4) is 0 Å². The van der Waals surface area contributed by atoms with E-state index in [-0.39, 0.29) is 6.10 Å². The number of ether oxygens (including phenoxy) is 1. The highest BCUT2D eigenvalue weighted by atomic mass is 16.5. The summed E-state index contributed by atoms with van der Waals surface area (Å²) in [5.41, 5.74) is 2.75. The van der Waals surface area contributed by atoms with E-state index in [0.29, 0.717) is 6.04 Å². The van der Waals surface area contributed by atoms with Crippen molar-refractivity contribution in [2.45, 2.75) is 45.8 Å². The molecule has 0 amide bonds. The molecule has 0 aliphatic heterocycles. The normalized spacial score (nSPS) is 14.6. The summed E-state index contributed by atoms with van der Waals surface area (Å²) in [4.78, 5) is 0. The zero-order valence-electron chi connectivity index (χ0n) is 11.5. The molecule has 0 bridgehead atoms. The number of hydrogen-bond donors (Lipinski definition) is 1. The third-order valence-electron chi connectivity index (χ3n) is 3.21. The Morgan fingerprint density at radius 2 is 1.82 bits per heavy atom. The van der Waals surface area contributed by atoms with Gasteiger partial charge in [-0.3, -0.25) is 0 Å². The molecule has 1 rings (SSSR count). The van der Waals surface area contributed by atoms with Crippen molar-refractivity contribution in [1.29, 1.82) is 0 Å². The highest BCUT2D eigenvalue weighted by molar-refractivity contribution is 5.25. The van der Waals surface area contributed by atoms with Gasteiger partial charge in [0.2, 0.25) is 0 Å². The minimum atomic E-state index is 0.282. The van der Waals surface area contributed by atoms with E-state index in [0.717, 1.165) is 19.4 Å². The topological polar surface area (TPSA) is 21.3 Å². The Labute approximate surface area is 105 Å². The fourth-order valence-corrected chi connectivity index (χ4v) is 2.00. The van der Waals surface area contributed by atoms with Crippen LogP contribution in [0.5, 0.6) is 0 Å². The minimum Gasteiger partial charge on any atom is -0.382 e. The van der Waals surface area contributed by atoms with Crippen LogP contribution >= 0.6 is 0 Å². The second-order valence-corrected chi connectivity index (χ2v) is 4.49. The molecule has 1 N–H and O–H groups in total. The largest absolute Gasteiger partial charge is 0.382 e. The number of nitrogens with one attached hydrogen (secondary N) is 1. The van der Waals surface area contributed by atoms with Gasteiger partial charge in [0.25, 0.3) is 0 Å². The molecule has 0 fully saturated rings. The minimum absolute atomic E-state index is 0.282. The second-order valence-electron chi connectivity index (χ2n) is 4.49. The van der Waals surface area contributed by atoms with Crippen LogP contribution < -0.4 is 5.32 Å². The molecule has 0 heterocycles. The Kier molecular flexibility index (Phi) is 6.23. The highest BCUT2D eigenvalue weighted by Gasteiger charge is 2.13. The molecule has 0 aromatic heterocycles. The molecule has 96 valence electrons. The average Bonchev–Trinajstić information content (AvgIpc) is 2.38. The van der Waals surface area contributed by atoms with Crippen LogP contribution in [0.1, 0.15) is 44.4 Å². The summed E-state index contributed by atoms with van der Waals surface area (Å²) in [5.74, 6) is 0. The molecule has 0 aliphatic rings. The van der Waals surface area contributed by atoms with Crippen LogP contribution in [0.2, 0.25) is 0 Å². The third-order valence-corrected chi connectivity index (χ3v) is 3.21. The number of rotatable bonds is 7. The molecule has 0 radical (unpaired) electrons. The van der Waals surface area contributed by atoms with E-state index in [2.05, 4.69) is 50.4 Å². The molecule has 1 aromatic rings. The van der Waals surface area contributed by atoms with Gasteiger partial charge in [0.1, 0.15) is 0 Å². The van der Waals surface area contributed by atoms with Gasteiger partial charge in [0.05, 0.1) is 6.10 Å². The first kappa shape index (κ1) is 14.2. The Balaban J connectivity index is 2.73. The van der Waals surface area contributed by atoms with Crippen molar-refractivity contribution >= 4 is 0 Å². The summed E-state index contributed by atoms with van der Waals surface area (Å²) in [5, 5.41) is 3.52. The molecule has 0 aliphatic carbocycles. The number of aryl methyl sites for hydroxylation is 1. The van der Waals surface area contributed by atoms with Crippen molar-refractivity contribution in [2.75, 3.05) is 13.7 Å². The van der Waals surface area contributed by atoms with Crippen LogP contribution in [0.3, 0.4) is 0 Å². The first-order valence-corrected chi connectivity index (χ1v) is 6.56. The van der Waals surface area contributed by atoms with Gasteiger partial charge in [-0.1, -0.05) is 38.1 Å². The van der Waals surface area contributed by atoms with Crippen LogP contribution in [-0.2, 0) is 11.2 Å². The predicted molar refractivity (Wildman–Crippen MR) is 73.3 cm³/mol. The van der Waals surface area contributed by atoms with E-state index in [1.54, 1.807) is 7.11 Å². The summed E-state index contributed by atoms with van der Waals surface area (Å²) in [6.07, 6.45) is 2.39. The number of methoxy groups -OCH3 is 1. The van der Waals surface area contributed by atoms with Gasteiger partial charge in [0, 0.05) is 13.2 Å². The summed E-state index contributed by atoms with van der Waals surface area (Å²) in [7, 11) is 1.77. The molecule has 0 saturated carbocycles. The molecule has 2 unspecified atom stereocenters. The van der Waals surface area contributed by atoms with Crippen LogP contribution in [-0.4, -0.2) is 19.8 Å². The SMILES string of the molecule is CCNC(CC(C)OC)c1ccc(CC)cc1. The van der Waals surface area contributed by atoms with E-state index < -0.39 is 0 Å². The maximum absolute atomic E-state index is 5.35. The molecule has 2 atom stereocenters. The lowest BCUT2D eigenvalue weighted by molar-refractivity contribution is 0.101. The average molecular weight is 235 g/mol. The lowest BCUT2D eigenvalue weighted by atomic mass is 9.99. The maximum atomic E-state index is 5.35. The molecule has 17 heavy (non-hydrogen) atoms. The first-order valence-electron chi connectivity index (χ1n) is 6.56. The number of benzene rings is 1. The Morgan fingerprint density at radius 3 is 2.29 bits per heavy atom. The molecule has 0 spiro atoms. The Bertz CT molecular complexity index is 307. The van der Waals surface area contributed by atoms with Gasteiger partial charge in [-0.2, -0.15) is 0 Å². The van der Waals surface area contributed by atoms with Gasteiger partial charge >= 0.3 is 0 Å². The lowest BCUT2D eigenvalue weighted by Gasteiger charge is -2.21. The van der Waals surface area contributed by atoms with Crippen molar-refractivity contribution in [1.82, 2.24) is 5.32 Å². The fourth-order valence-electron chi connectivity index (χ4n) is 2.00. The van der Waals surface area contributed by atoms with Crippen molar-refractivity contribution < 1.29 is 4.74 Å². The Morgan fingerprint density at radius 1 is 1.18 bits per heavy atom. The molecule has 2 heteroatoms.